The van der Waals surface area contributed by atoms with Crippen LogP contribution < -0.4 is 4.90 Å². The van der Waals surface area contributed by atoms with E-state index in [1.165, 1.54) is 19.3 Å². The first-order valence-corrected chi connectivity index (χ1v) is 6.53. The fourth-order valence-corrected chi connectivity index (χ4v) is 2.55. The Balaban J connectivity index is 2.36. The average molecular weight is 282 g/mol. The average Bonchev–Trinajstić information content (AvgIpc) is 2.29. The molecule has 0 bridgehead atoms. The Hall–Kier alpha value is -0.830. The van der Waals surface area contributed by atoms with Crippen LogP contribution >= 0.6 is 15.9 Å². The number of benzene rings is 1. The molecule has 0 saturated carbocycles. The van der Waals surface area contributed by atoms with Crippen LogP contribution in [0.15, 0.2) is 22.7 Å². The molecule has 1 saturated heterocycles. The van der Waals surface area contributed by atoms with Crippen molar-refractivity contribution in [2.75, 3.05) is 18.0 Å². The van der Waals surface area contributed by atoms with Gasteiger partial charge in [-0.2, -0.15) is 0 Å². The van der Waals surface area contributed by atoms with Crippen molar-refractivity contribution in [1.82, 2.24) is 0 Å². The number of ketones is 1. The Morgan fingerprint density at radius 2 is 1.94 bits per heavy atom. The van der Waals surface area contributed by atoms with E-state index in [0.717, 1.165) is 28.8 Å². The fraction of sp³-hybridized carbons (Fsp3) is 0.462. The third-order valence-corrected chi connectivity index (χ3v) is 3.53. The Bertz CT molecular complexity index is 397. The largest absolute Gasteiger partial charge is 0.371 e. The lowest BCUT2D eigenvalue weighted by molar-refractivity contribution is 0.101. The predicted molar refractivity (Wildman–Crippen MR) is 70.2 cm³/mol. The van der Waals surface area contributed by atoms with E-state index in [9.17, 15) is 4.79 Å². The fourth-order valence-electron chi connectivity index (χ4n) is 2.20. The van der Waals surface area contributed by atoms with Crippen molar-refractivity contribution < 1.29 is 4.79 Å². The summed E-state index contributed by atoms with van der Waals surface area (Å²) in [7, 11) is 0. The molecule has 16 heavy (non-hydrogen) atoms. The molecular weight excluding hydrogens is 266 g/mol. The standard InChI is InChI=1S/C13H16BrNO/c1-10(16)12-6-5-11(14)9-13(12)15-7-3-2-4-8-15/h5-6,9H,2-4,7-8H2,1H3. The maximum atomic E-state index is 11.6. The van der Waals surface area contributed by atoms with Gasteiger partial charge in [-0.3, -0.25) is 4.79 Å². The number of carbonyl (C=O) groups is 1. The second kappa shape index (κ2) is 5.00. The number of piperidine rings is 1. The molecule has 2 rings (SSSR count). The number of hydrogen-bond acceptors (Lipinski definition) is 2. The van der Waals surface area contributed by atoms with Gasteiger partial charge in [0.15, 0.2) is 5.78 Å². The summed E-state index contributed by atoms with van der Waals surface area (Å²) in [5.74, 6) is 0.146. The van der Waals surface area contributed by atoms with Crippen LogP contribution in [-0.4, -0.2) is 18.9 Å². The van der Waals surface area contributed by atoms with Gasteiger partial charge in [0.05, 0.1) is 0 Å². The highest BCUT2D eigenvalue weighted by Crippen LogP contribution is 2.28. The second-order valence-electron chi connectivity index (χ2n) is 4.27. The monoisotopic (exact) mass is 281 g/mol. The van der Waals surface area contributed by atoms with Crippen LogP contribution in [0.2, 0.25) is 0 Å². The van der Waals surface area contributed by atoms with Crippen molar-refractivity contribution in [3.8, 4) is 0 Å². The molecule has 1 aliphatic heterocycles. The number of anilines is 1. The molecule has 1 heterocycles. The number of halogens is 1. The van der Waals surface area contributed by atoms with E-state index >= 15 is 0 Å². The first-order chi connectivity index (χ1) is 7.68. The van der Waals surface area contributed by atoms with Crippen LogP contribution in [-0.2, 0) is 0 Å². The molecule has 0 amide bonds. The Morgan fingerprint density at radius 3 is 2.56 bits per heavy atom. The molecule has 0 N–H and O–H groups in total. The molecule has 1 aromatic carbocycles. The van der Waals surface area contributed by atoms with Gasteiger partial charge in [-0.25, -0.2) is 0 Å². The maximum Gasteiger partial charge on any atom is 0.161 e. The molecule has 0 unspecified atom stereocenters. The molecule has 0 radical (unpaired) electrons. The van der Waals surface area contributed by atoms with Gasteiger partial charge in [0.25, 0.3) is 0 Å². The quantitative estimate of drug-likeness (QED) is 0.772. The molecule has 0 spiro atoms. The highest BCUT2D eigenvalue weighted by molar-refractivity contribution is 9.10. The molecule has 2 nitrogen and oxygen atoms in total. The molecule has 1 fully saturated rings. The van der Waals surface area contributed by atoms with E-state index in [1.54, 1.807) is 6.92 Å². The van der Waals surface area contributed by atoms with E-state index in [0.29, 0.717) is 0 Å². The van der Waals surface area contributed by atoms with Gasteiger partial charge in [0.2, 0.25) is 0 Å². The van der Waals surface area contributed by atoms with Crippen molar-refractivity contribution in [1.29, 1.82) is 0 Å². The van der Waals surface area contributed by atoms with Crippen LogP contribution in [0.1, 0.15) is 36.5 Å². The summed E-state index contributed by atoms with van der Waals surface area (Å²) < 4.78 is 1.04. The molecule has 0 atom stereocenters. The lowest BCUT2D eigenvalue weighted by Crippen LogP contribution is -2.30. The van der Waals surface area contributed by atoms with Gasteiger partial charge in [-0.15, -0.1) is 0 Å². The normalized spacial score (nSPS) is 16.2. The summed E-state index contributed by atoms with van der Waals surface area (Å²) in [5, 5.41) is 0. The minimum Gasteiger partial charge on any atom is -0.371 e. The zero-order chi connectivity index (χ0) is 11.5. The summed E-state index contributed by atoms with van der Waals surface area (Å²) in [4.78, 5) is 13.9. The summed E-state index contributed by atoms with van der Waals surface area (Å²) in [6.45, 7) is 3.77. The zero-order valence-electron chi connectivity index (χ0n) is 9.50. The highest BCUT2D eigenvalue weighted by Gasteiger charge is 2.16. The number of Topliss-reactive ketones (excluding diaryl/α,β-unsaturated/α-hetero) is 1. The third-order valence-electron chi connectivity index (χ3n) is 3.04. The first kappa shape index (κ1) is 11.6. The van der Waals surface area contributed by atoms with Gasteiger partial charge in [0, 0.05) is 28.8 Å². The van der Waals surface area contributed by atoms with Crippen molar-refractivity contribution in [3.05, 3.63) is 28.2 Å². The van der Waals surface area contributed by atoms with Crippen LogP contribution in [0.3, 0.4) is 0 Å². The van der Waals surface area contributed by atoms with Crippen LogP contribution in [0, 0.1) is 0 Å². The lowest BCUT2D eigenvalue weighted by atomic mass is 10.1. The van der Waals surface area contributed by atoms with Crippen molar-refractivity contribution in [2.24, 2.45) is 0 Å². The van der Waals surface area contributed by atoms with Gasteiger partial charge >= 0.3 is 0 Å². The van der Waals surface area contributed by atoms with Gasteiger partial charge in [-0.05, 0) is 44.4 Å². The minimum atomic E-state index is 0.146. The Labute approximate surface area is 105 Å². The SMILES string of the molecule is CC(=O)c1ccc(Br)cc1N1CCCCC1. The van der Waals surface area contributed by atoms with Crippen molar-refractivity contribution in [2.45, 2.75) is 26.2 Å². The molecule has 0 aliphatic carbocycles. The molecule has 0 aromatic heterocycles. The van der Waals surface area contributed by atoms with Gasteiger partial charge in [0.1, 0.15) is 0 Å². The van der Waals surface area contributed by atoms with Gasteiger partial charge in [-0.1, -0.05) is 15.9 Å². The molecular formula is C13H16BrNO. The lowest BCUT2D eigenvalue weighted by Gasteiger charge is -2.30. The van der Waals surface area contributed by atoms with E-state index in [1.807, 2.05) is 12.1 Å². The number of nitrogens with zero attached hydrogens (tertiary/aromatic N) is 1. The Morgan fingerprint density at radius 1 is 1.25 bits per heavy atom. The second-order valence-corrected chi connectivity index (χ2v) is 5.18. The number of hydrogen-bond donors (Lipinski definition) is 0. The highest BCUT2D eigenvalue weighted by atomic mass is 79.9. The molecule has 1 aromatic rings. The third kappa shape index (κ3) is 2.46. The summed E-state index contributed by atoms with van der Waals surface area (Å²) in [6, 6.07) is 5.91. The van der Waals surface area contributed by atoms with Crippen molar-refractivity contribution in [3.63, 3.8) is 0 Å². The molecule has 1 aliphatic rings. The topological polar surface area (TPSA) is 20.3 Å². The van der Waals surface area contributed by atoms with Crippen LogP contribution in [0.4, 0.5) is 5.69 Å². The molecule has 86 valence electrons. The zero-order valence-corrected chi connectivity index (χ0v) is 11.1. The summed E-state index contributed by atoms with van der Waals surface area (Å²) in [5.41, 5.74) is 1.92. The smallest absolute Gasteiger partial charge is 0.161 e. The van der Waals surface area contributed by atoms with E-state index in [2.05, 4.69) is 26.9 Å². The van der Waals surface area contributed by atoms with Gasteiger partial charge < -0.3 is 4.90 Å². The molecule has 3 heteroatoms. The first-order valence-electron chi connectivity index (χ1n) is 5.74. The van der Waals surface area contributed by atoms with E-state index in [-0.39, 0.29) is 5.78 Å². The number of carbonyl (C=O) groups excluding carboxylic acids is 1. The summed E-state index contributed by atoms with van der Waals surface area (Å²) in [6.07, 6.45) is 3.76. The predicted octanol–water partition coefficient (Wildman–Crippen LogP) is 3.64. The Kier molecular flexibility index (Phi) is 3.64. The number of rotatable bonds is 2. The summed E-state index contributed by atoms with van der Waals surface area (Å²) >= 11 is 3.47. The van der Waals surface area contributed by atoms with Crippen LogP contribution in [0.5, 0.6) is 0 Å². The maximum absolute atomic E-state index is 11.6. The van der Waals surface area contributed by atoms with E-state index in [4.69, 9.17) is 0 Å². The van der Waals surface area contributed by atoms with Crippen molar-refractivity contribution >= 4 is 27.4 Å². The van der Waals surface area contributed by atoms with Crippen LogP contribution in [0.25, 0.3) is 0 Å². The van der Waals surface area contributed by atoms with E-state index < -0.39 is 0 Å². The minimum absolute atomic E-state index is 0.146.